The number of hydrogen-bond acceptors (Lipinski definition) is 4. The summed E-state index contributed by atoms with van der Waals surface area (Å²) in [5, 5.41) is 2.77. The summed E-state index contributed by atoms with van der Waals surface area (Å²) in [5.41, 5.74) is 1.22. The summed E-state index contributed by atoms with van der Waals surface area (Å²) in [4.78, 5) is 38.2. The molecule has 1 rings (SSSR count). The van der Waals surface area contributed by atoms with E-state index in [-0.39, 0.29) is 24.1 Å². The van der Waals surface area contributed by atoms with Gasteiger partial charge in [0.2, 0.25) is 11.8 Å². The second-order valence-electron chi connectivity index (χ2n) is 5.50. The summed E-state index contributed by atoms with van der Waals surface area (Å²) in [5.74, 6) is -0.286. The van der Waals surface area contributed by atoms with Crippen molar-refractivity contribution < 1.29 is 14.4 Å². The number of carbonyl (C=O) groups excluding carboxylic acids is 3. The van der Waals surface area contributed by atoms with Gasteiger partial charge in [0.1, 0.15) is 0 Å². The molecule has 120 valence electrons. The highest BCUT2D eigenvalue weighted by Gasteiger charge is 2.20. The first kappa shape index (κ1) is 17.8. The molecular formula is C16H23N3O3. The highest BCUT2D eigenvalue weighted by molar-refractivity contribution is 5.97. The maximum absolute atomic E-state index is 12.2. The van der Waals surface area contributed by atoms with Crippen molar-refractivity contribution in [3.63, 3.8) is 0 Å². The minimum absolute atomic E-state index is 0.0202. The molecule has 0 unspecified atom stereocenters. The number of amides is 2. The highest BCUT2D eigenvalue weighted by atomic mass is 16.2. The van der Waals surface area contributed by atoms with E-state index in [0.29, 0.717) is 11.3 Å². The third-order valence-electron chi connectivity index (χ3n) is 3.48. The Kier molecular flexibility index (Phi) is 6.24. The van der Waals surface area contributed by atoms with Gasteiger partial charge in [-0.05, 0) is 45.2 Å². The SMILES string of the molecule is CC(=O)c1ccc(NC(=O)[C@H](C)N(C)CC(=O)N(C)C)cc1. The van der Waals surface area contributed by atoms with Crippen molar-refractivity contribution in [2.45, 2.75) is 19.9 Å². The minimum Gasteiger partial charge on any atom is -0.348 e. The Labute approximate surface area is 131 Å². The lowest BCUT2D eigenvalue weighted by atomic mass is 10.1. The number of ketones is 1. The minimum atomic E-state index is -0.448. The molecule has 0 bridgehead atoms. The molecule has 22 heavy (non-hydrogen) atoms. The number of anilines is 1. The molecule has 0 aliphatic rings. The van der Waals surface area contributed by atoms with Gasteiger partial charge in [-0.2, -0.15) is 0 Å². The predicted molar refractivity (Wildman–Crippen MR) is 85.9 cm³/mol. The molecule has 0 aliphatic heterocycles. The molecule has 1 N–H and O–H groups in total. The van der Waals surface area contributed by atoms with Crippen molar-refractivity contribution in [2.24, 2.45) is 0 Å². The van der Waals surface area contributed by atoms with Crippen molar-refractivity contribution in [3.8, 4) is 0 Å². The van der Waals surface area contributed by atoms with Crippen molar-refractivity contribution in [1.82, 2.24) is 9.80 Å². The van der Waals surface area contributed by atoms with Crippen molar-refractivity contribution in [3.05, 3.63) is 29.8 Å². The number of nitrogens with zero attached hydrogens (tertiary/aromatic N) is 2. The molecule has 1 aromatic carbocycles. The van der Waals surface area contributed by atoms with Crippen LogP contribution in [0.3, 0.4) is 0 Å². The average molecular weight is 305 g/mol. The van der Waals surface area contributed by atoms with Crippen molar-refractivity contribution in [2.75, 3.05) is 33.0 Å². The zero-order chi connectivity index (χ0) is 16.9. The number of Topliss-reactive ketones (excluding diaryl/α,β-unsaturated/α-hetero) is 1. The highest BCUT2D eigenvalue weighted by Crippen LogP contribution is 2.11. The summed E-state index contributed by atoms with van der Waals surface area (Å²) < 4.78 is 0. The molecule has 0 saturated heterocycles. The third kappa shape index (κ3) is 4.96. The largest absolute Gasteiger partial charge is 0.348 e. The van der Waals surface area contributed by atoms with E-state index in [4.69, 9.17) is 0 Å². The fourth-order valence-corrected chi connectivity index (χ4v) is 1.73. The number of nitrogens with one attached hydrogen (secondary N) is 1. The molecule has 0 aromatic heterocycles. The summed E-state index contributed by atoms with van der Waals surface area (Å²) in [6.45, 7) is 3.40. The van der Waals surface area contributed by atoms with Gasteiger partial charge in [-0.1, -0.05) is 0 Å². The number of benzene rings is 1. The Balaban J connectivity index is 2.63. The van der Waals surface area contributed by atoms with Gasteiger partial charge >= 0.3 is 0 Å². The van der Waals surface area contributed by atoms with E-state index < -0.39 is 6.04 Å². The van der Waals surface area contributed by atoms with Gasteiger partial charge in [0.15, 0.2) is 5.78 Å². The van der Waals surface area contributed by atoms with Gasteiger partial charge in [-0.3, -0.25) is 19.3 Å². The second kappa shape index (κ2) is 7.70. The quantitative estimate of drug-likeness (QED) is 0.803. The topological polar surface area (TPSA) is 69.7 Å². The molecule has 0 saturated carbocycles. The van der Waals surface area contributed by atoms with Crippen molar-refractivity contribution >= 4 is 23.3 Å². The summed E-state index contributed by atoms with van der Waals surface area (Å²) >= 11 is 0. The summed E-state index contributed by atoms with van der Waals surface area (Å²) in [7, 11) is 5.08. The molecule has 0 aliphatic carbocycles. The lowest BCUT2D eigenvalue weighted by molar-refractivity contribution is -0.131. The Morgan fingerprint density at radius 1 is 1.09 bits per heavy atom. The van der Waals surface area contributed by atoms with Crippen LogP contribution in [0.4, 0.5) is 5.69 Å². The van der Waals surface area contributed by atoms with Gasteiger partial charge in [-0.15, -0.1) is 0 Å². The first-order chi connectivity index (χ1) is 10.2. The molecule has 6 heteroatoms. The first-order valence-electron chi connectivity index (χ1n) is 7.04. The standard InChI is InChI=1S/C16H23N3O3/c1-11(19(5)10-15(21)18(3)4)16(22)17-14-8-6-13(7-9-14)12(2)20/h6-9,11H,10H2,1-5H3,(H,17,22)/t11-/m0/s1. The third-order valence-corrected chi connectivity index (χ3v) is 3.48. The molecule has 2 amide bonds. The smallest absolute Gasteiger partial charge is 0.241 e. The second-order valence-corrected chi connectivity index (χ2v) is 5.50. The molecule has 6 nitrogen and oxygen atoms in total. The molecule has 0 radical (unpaired) electrons. The zero-order valence-corrected chi connectivity index (χ0v) is 13.7. The van der Waals surface area contributed by atoms with E-state index in [0.717, 1.165) is 0 Å². The van der Waals surface area contributed by atoms with E-state index in [1.807, 2.05) is 0 Å². The van der Waals surface area contributed by atoms with Crippen LogP contribution in [-0.2, 0) is 9.59 Å². The van der Waals surface area contributed by atoms with Crippen LogP contribution in [0.1, 0.15) is 24.2 Å². The molecule has 0 spiro atoms. The van der Waals surface area contributed by atoms with Gasteiger partial charge in [0.25, 0.3) is 0 Å². The normalized spacial score (nSPS) is 11.9. The maximum atomic E-state index is 12.2. The monoisotopic (exact) mass is 305 g/mol. The predicted octanol–water partition coefficient (Wildman–Crippen LogP) is 1.24. The Morgan fingerprint density at radius 2 is 1.64 bits per heavy atom. The Morgan fingerprint density at radius 3 is 2.09 bits per heavy atom. The lowest BCUT2D eigenvalue weighted by Crippen LogP contribution is -2.44. The van der Waals surface area contributed by atoms with Crippen LogP contribution < -0.4 is 5.32 Å². The number of rotatable bonds is 6. The van der Waals surface area contributed by atoms with Gasteiger partial charge in [0, 0.05) is 25.3 Å². The van der Waals surface area contributed by atoms with Gasteiger partial charge < -0.3 is 10.2 Å². The van der Waals surface area contributed by atoms with Crippen LogP contribution in [-0.4, -0.2) is 61.1 Å². The van der Waals surface area contributed by atoms with E-state index >= 15 is 0 Å². The fraction of sp³-hybridized carbons (Fsp3) is 0.438. The van der Waals surface area contributed by atoms with Gasteiger partial charge in [0.05, 0.1) is 12.6 Å². The van der Waals surface area contributed by atoms with Crippen LogP contribution in [0.15, 0.2) is 24.3 Å². The molecule has 1 atom stereocenters. The first-order valence-corrected chi connectivity index (χ1v) is 7.04. The fourth-order valence-electron chi connectivity index (χ4n) is 1.73. The number of carbonyl (C=O) groups is 3. The summed E-state index contributed by atoms with van der Waals surface area (Å²) in [6.07, 6.45) is 0. The van der Waals surface area contributed by atoms with Crippen LogP contribution >= 0.6 is 0 Å². The van der Waals surface area contributed by atoms with E-state index in [9.17, 15) is 14.4 Å². The Bertz CT molecular complexity index is 552. The van der Waals surface area contributed by atoms with Crippen LogP contribution in [0, 0.1) is 0 Å². The van der Waals surface area contributed by atoms with Gasteiger partial charge in [-0.25, -0.2) is 0 Å². The Hall–Kier alpha value is -2.21. The number of likely N-dealkylation sites (N-methyl/N-ethyl adjacent to an activating group) is 2. The molecule has 0 fully saturated rings. The molecular weight excluding hydrogens is 282 g/mol. The van der Waals surface area contributed by atoms with Crippen molar-refractivity contribution in [1.29, 1.82) is 0 Å². The van der Waals surface area contributed by atoms with Crippen LogP contribution in [0.5, 0.6) is 0 Å². The maximum Gasteiger partial charge on any atom is 0.241 e. The average Bonchev–Trinajstić information content (AvgIpc) is 2.46. The number of hydrogen-bond donors (Lipinski definition) is 1. The van der Waals surface area contributed by atoms with E-state index in [1.54, 1.807) is 57.2 Å². The van der Waals surface area contributed by atoms with E-state index in [1.165, 1.54) is 11.8 Å². The summed E-state index contributed by atoms with van der Waals surface area (Å²) in [6, 6.07) is 6.26. The molecule has 1 aromatic rings. The lowest BCUT2D eigenvalue weighted by Gasteiger charge is -2.24. The molecule has 0 heterocycles. The zero-order valence-electron chi connectivity index (χ0n) is 13.7. The van der Waals surface area contributed by atoms with Crippen LogP contribution in [0.25, 0.3) is 0 Å². The van der Waals surface area contributed by atoms with Crippen LogP contribution in [0.2, 0.25) is 0 Å². The van der Waals surface area contributed by atoms with E-state index in [2.05, 4.69) is 5.32 Å².